The number of furan rings is 1. The van der Waals surface area contributed by atoms with E-state index >= 15 is 0 Å². The van der Waals surface area contributed by atoms with Crippen LogP contribution in [-0.4, -0.2) is 11.4 Å². The van der Waals surface area contributed by atoms with E-state index < -0.39 is 17.5 Å². The van der Waals surface area contributed by atoms with Gasteiger partial charge in [-0.05, 0) is 48.4 Å². The second-order valence-electron chi connectivity index (χ2n) is 8.33. The highest BCUT2D eigenvalue weighted by Gasteiger charge is 2.45. The molecule has 158 valence electrons. The van der Waals surface area contributed by atoms with E-state index in [1.54, 1.807) is 6.92 Å². The van der Waals surface area contributed by atoms with Crippen molar-refractivity contribution >= 4 is 0 Å². The van der Waals surface area contributed by atoms with Gasteiger partial charge in [0, 0.05) is 6.54 Å². The second kappa shape index (κ2) is 7.95. The van der Waals surface area contributed by atoms with Gasteiger partial charge in [-0.2, -0.15) is 13.2 Å². The lowest BCUT2D eigenvalue weighted by atomic mass is 9.72. The summed E-state index contributed by atoms with van der Waals surface area (Å²) in [6.07, 6.45) is -2.59. The lowest BCUT2D eigenvalue weighted by Crippen LogP contribution is -2.51. The Bertz CT molecular complexity index is 939. The van der Waals surface area contributed by atoms with E-state index in [0.29, 0.717) is 23.8 Å². The van der Waals surface area contributed by atoms with E-state index in [1.165, 1.54) is 0 Å². The molecule has 4 rings (SSSR count). The second-order valence-corrected chi connectivity index (χ2v) is 8.33. The molecule has 1 aliphatic rings. The maximum Gasteiger partial charge on any atom is 0.449 e. The highest BCUT2D eigenvalue weighted by Crippen LogP contribution is 2.46. The Kier molecular flexibility index (Phi) is 5.49. The standard InChI is InChI=1S/C25H26F3NO/c1-18-13-14-29(17-22-19(2)15-23(30-22)25(26,27)28)24(16-18,20-9-5-3-6-10-20)21-11-7-4-8-12-21/h3-12,15,18H,13-14,16-17H2,1-2H3. The molecule has 0 N–H and O–H groups in total. The van der Waals surface area contributed by atoms with Crippen molar-refractivity contribution in [3.05, 3.63) is 94.9 Å². The van der Waals surface area contributed by atoms with Crippen LogP contribution in [0.2, 0.25) is 0 Å². The Hall–Kier alpha value is -2.53. The largest absolute Gasteiger partial charge is 0.455 e. The van der Waals surface area contributed by atoms with Gasteiger partial charge in [0.2, 0.25) is 5.76 Å². The van der Waals surface area contributed by atoms with Crippen molar-refractivity contribution in [1.82, 2.24) is 4.90 Å². The van der Waals surface area contributed by atoms with Gasteiger partial charge in [0.1, 0.15) is 5.76 Å². The summed E-state index contributed by atoms with van der Waals surface area (Å²) in [5.41, 5.74) is 2.43. The van der Waals surface area contributed by atoms with Crippen molar-refractivity contribution < 1.29 is 17.6 Å². The normalized spacial score (nSPS) is 19.7. The first-order chi connectivity index (χ1) is 14.3. The van der Waals surface area contributed by atoms with Crippen molar-refractivity contribution in [3.8, 4) is 0 Å². The van der Waals surface area contributed by atoms with E-state index in [9.17, 15) is 13.2 Å². The third-order valence-corrected chi connectivity index (χ3v) is 6.21. The van der Waals surface area contributed by atoms with Gasteiger partial charge in [-0.15, -0.1) is 0 Å². The summed E-state index contributed by atoms with van der Waals surface area (Å²) in [5, 5.41) is 0. The molecule has 2 nitrogen and oxygen atoms in total. The quantitative estimate of drug-likeness (QED) is 0.469. The van der Waals surface area contributed by atoms with Gasteiger partial charge in [0.15, 0.2) is 0 Å². The number of likely N-dealkylation sites (tertiary alicyclic amines) is 1. The average molecular weight is 413 g/mol. The van der Waals surface area contributed by atoms with E-state index in [1.807, 2.05) is 36.4 Å². The molecule has 0 amide bonds. The highest BCUT2D eigenvalue weighted by atomic mass is 19.4. The topological polar surface area (TPSA) is 16.4 Å². The maximum atomic E-state index is 13.2. The lowest BCUT2D eigenvalue weighted by molar-refractivity contribution is -0.153. The molecule has 2 heterocycles. The van der Waals surface area contributed by atoms with Crippen molar-refractivity contribution in [3.63, 3.8) is 0 Å². The number of benzene rings is 2. The van der Waals surface area contributed by atoms with Crippen LogP contribution in [0.3, 0.4) is 0 Å². The van der Waals surface area contributed by atoms with Crippen LogP contribution in [0.1, 0.15) is 48.0 Å². The minimum Gasteiger partial charge on any atom is -0.455 e. The summed E-state index contributed by atoms with van der Waals surface area (Å²) >= 11 is 0. The fourth-order valence-electron chi connectivity index (χ4n) is 4.70. The van der Waals surface area contributed by atoms with Gasteiger partial charge in [-0.1, -0.05) is 67.6 Å². The molecule has 5 heteroatoms. The molecule has 3 aromatic rings. The summed E-state index contributed by atoms with van der Waals surface area (Å²) < 4.78 is 44.9. The Balaban J connectivity index is 1.82. The zero-order chi connectivity index (χ0) is 21.4. The first-order valence-electron chi connectivity index (χ1n) is 10.3. The zero-order valence-electron chi connectivity index (χ0n) is 17.2. The molecule has 30 heavy (non-hydrogen) atoms. The molecule has 0 saturated carbocycles. The third kappa shape index (κ3) is 3.79. The number of alkyl halides is 3. The van der Waals surface area contributed by atoms with Gasteiger partial charge in [0.05, 0.1) is 12.1 Å². The van der Waals surface area contributed by atoms with Gasteiger partial charge in [-0.3, -0.25) is 4.90 Å². The number of aryl methyl sites for hydroxylation is 1. The Morgan fingerprint density at radius 1 is 1.00 bits per heavy atom. The minimum absolute atomic E-state index is 0.332. The first kappa shape index (κ1) is 20.7. The van der Waals surface area contributed by atoms with E-state index in [0.717, 1.165) is 36.6 Å². The van der Waals surface area contributed by atoms with Crippen molar-refractivity contribution in [1.29, 1.82) is 0 Å². The zero-order valence-corrected chi connectivity index (χ0v) is 17.2. The fraction of sp³-hybridized carbons (Fsp3) is 0.360. The predicted molar refractivity (Wildman–Crippen MR) is 111 cm³/mol. The van der Waals surface area contributed by atoms with Gasteiger partial charge in [-0.25, -0.2) is 0 Å². The summed E-state index contributed by atoms with van der Waals surface area (Å²) in [6, 6.07) is 21.7. The number of nitrogens with zero attached hydrogens (tertiary/aromatic N) is 1. The monoisotopic (exact) mass is 413 g/mol. The molecule has 1 atom stereocenters. The Morgan fingerprint density at radius 3 is 2.07 bits per heavy atom. The van der Waals surface area contributed by atoms with Crippen LogP contribution >= 0.6 is 0 Å². The number of hydrogen-bond donors (Lipinski definition) is 0. The van der Waals surface area contributed by atoms with E-state index in [2.05, 4.69) is 36.1 Å². The maximum absolute atomic E-state index is 13.2. The van der Waals surface area contributed by atoms with Crippen LogP contribution in [0.4, 0.5) is 13.2 Å². The van der Waals surface area contributed by atoms with Crippen molar-refractivity contribution in [2.75, 3.05) is 6.54 Å². The molecule has 1 saturated heterocycles. The molecule has 0 aliphatic carbocycles. The third-order valence-electron chi connectivity index (χ3n) is 6.21. The summed E-state index contributed by atoms with van der Waals surface area (Å²) in [6.45, 7) is 5.05. The summed E-state index contributed by atoms with van der Waals surface area (Å²) in [4.78, 5) is 2.30. The van der Waals surface area contributed by atoms with Gasteiger partial charge in [0.25, 0.3) is 0 Å². The van der Waals surface area contributed by atoms with Gasteiger partial charge < -0.3 is 4.42 Å². The number of rotatable bonds is 4. The molecular formula is C25H26F3NO. The van der Waals surface area contributed by atoms with Crippen LogP contribution in [0.5, 0.6) is 0 Å². The molecule has 1 unspecified atom stereocenters. The molecule has 0 spiro atoms. The molecule has 1 fully saturated rings. The van der Waals surface area contributed by atoms with Crippen LogP contribution in [0.25, 0.3) is 0 Å². The Morgan fingerprint density at radius 2 is 1.57 bits per heavy atom. The highest BCUT2D eigenvalue weighted by molar-refractivity contribution is 5.40. The number of halogens is 3. The minimum atomic E-state index is -4.48. The van der Waals surface area contributed by atoms with Crippen molar-refractivity contribution in [2.24, 2.45) is 5.92 Å². The van der Waals surface area contributed by atoms with Crippen LogP contribution in [-0.2, 0) is 18.3 Å². The smallest absolute Gasteiger partial charge is 0.449 e. The average Bonchev–Trinajstić information content (AvgIpc) is 3.11. The predicted octanol–water partition coefficient (Wildman–Crippen LogP) is 6.78. The van der Waals surface area contributed by atoms with Crippen LogP contribution in [0, 0.1) is 12.8 Å². The van der Waals surface area contributed by atoms with E-state index in [4.69, 9.17) is 4.42 Å². The molecule has 0 radical (unpaired) electrons. The molecule has 1 aromatic heterocycles. The number of piperidine rings is 1. The van der Waals surface area contributed by atoms with Crippen molar-refractivity contribution in [2.45, 2.75) is 44.9 Å². The van der Waals surface area contributed by atoms with Gasteiger partial charge >= 0.3 is 6.18 Å². The van der Waals surface area contributed by atoms with Crippen LogP contribution < -0.4 is 0 Å². The molecule has 2 aromatic carbocycles. The Labute approximate surface area is 175 Å². The SMILES string of the molecule is Cc1cc(C(F)(F)F)oc1CN1CCC(C)CC1(c1ccccc1)c1ccccc1. The lowest BCUT2D eigenvalue weighted by Gasteiger charge is -2.50. The van der Waals surface area contributed by atoms with E-state index in [-0.39, 0.29) is 0 Å². The molecular weight excluding hydrogens is 387 g/mol. The number of hydrogen-bond acceptors (Lipinski definition) is 2. The summed E-state index contributed by atoms with van der Waals surface area (Å²) in [5.74, 6) is -0.0522. The molecule has 0 bridgehead atoms. The fourth-order valence-corrected chi connectivity index (χ4v) is 4.70. The summed E-state index contributed by atoms with van der Waals surface area (Å²) in [7, 11) is 0. The first-order valence-corrected chi connectivity index (χ1v) is 10.3. The van der Waals surface area contributed by atoms with Crippen LogP contribution in [0.15, 0.2) is 71.1 Å². The molecule has 1 aliphatic heterocycles.